The number of hydrogen-bond acceptors (Lipinski definition) is 3. The van der Waals surface area contributed by atoms with Crippen LogP contribution >= 0.6 is 24.8 Å². The van der Waals surface area contributed by atoms with Gasteiger partial charge in [0, 0.05) is 19.5 Å². The fourth-order valence-corrected chi connectivity index (χ4v) is 1.69. The molecular weight excluding hydrogens is 354 g/mol. The van der Waals surface area contributed by atoms with Gasteiger partial charge < -0.3 is 16.0 Å². The van der Waals surface area contributed by atoms with Crippen LogP contribution in [0.15, 0.2) is 18.2 Å². The smallest absolute Gasteiger partial charge is 0.383 e. The van der Waals surface area contributed by atoms with Crippen molar-refractivity contribution in [2.45, 2.75) is 25.9 Å². The molecule has 1 rings (SSSR count). The van der Waals surface area contributed by atoms with E-state index in [0.29, 0.717) is 18.8 Å². The molecule has 0 saturated carbocycles. The predicted molar refractivity (Wildman–Crippen MR) is 91.9 cm³/mol. The average molecular weight is 376 g/mol. The van der Waals surface area contributed by atoms with Crippen molar-refractivity contribution in [1.82, 2.24) is 5.32 Å². The number of halogens is 5. The Morgan fingerprint density at radius 1 is 1.13 bits per heavy atom. The molecule has 1 aromatic rings. The molecule has 0 unspecified atom stereocenters. The topological polar surface area (TPSA) is 53.2 Å². The number of benzene rings is 1. The second-order valence-corrected chi connectivity index (χ2v) is 4.59. The van der Waals surface area contributed by atoms with Gasteiger partial charge in [-0.1, -0.05) is 6.92 Å². The molecule has 134 valence electrons. The molecule has 0 fully saturated rings. The zero-order chi connectivity index (χ0) is 15.9. The summed E-state index contributed by atoms with van der Waals surface area (Å²) in [7, 11) is 1.70. The van der Waals surface area contributed by atoms with Crippen LogP contribution in [0.5, 0.6) is 0 Å². The Kier molecular flexibility index (Phi) is 11.9. The second-order valence-electron chi connectivity index (χ2n) is 4.59. The lowest BCUT2D eigenvalue weighted by molar-refractivity contribution is -0.137. The largest absolute Gasteiger partial charge is 0.416 e. The van der Waals surface area contributed by atoms with Gasteiger partial charge in [-0.3, -0.25) is 4.79 Å². The Morgan fingerprint density at radius 3 is 2.30 bits per heavy atom. The first-order valence-electron chi connectivity index (χ1n) is 6.78. The van der Waals surface area contributed by atoms with Crippen LogP contribution < -0.4 is 16.0 Å². The number of rotatable bonds is 7. The van der Waals surface area contributed by atoms with Gasteiger partial charge in [0.2, 0.25) is 5.91 Å². The monoisotopic (exact) mass is 375 g/mol. The summed E-state index contributed by atoms with van der Waals surface area (Å²) in [6.45, 7) is 3.02. The number of anilines is 2. The van der Waals surface area contributed by atoms with E-state index in [1.807, 2.05) is 6.92 Å². The molecule has 0 saturated heterocycles. The Morgan fingerprint density at radius 2 is 1.78 bits per heavy atom. The predicted octanol–water partition coefficient (Wildman–Crippen LogP) is 3.92. The minimum absolute atomic E-state index is 0. The van der Waals surface area contributed by atoms with E-state index < -0.39 is 11.7 Å². The van der Waals surface area contributed by atoms with Crippen LogP contribution in [0, 0.1) is 0 Å². The molecule has 0 radical (unpaired) electrons. The zero-order valence-corrected chi connectivity index (χ0v) is 14.6. The Bertz CT molecular complexity index is 485. The van der Waals surface area contributed by atoms with E-state index in [-0.39, 0.29) is 42.8 Å². The molecule has 0 aliphatic rings. The molecule has 3 N–H and O–H groups in total. The fraction of sp³-hybridized carbons (Fsp3) is 0.500. The highest BCUT2D eigenvalue weighted by atomic mass is 35.5. The molecule has 0 aromatic heterocycles. The first-order chi connectivity index (χ1) is 9.88. The van der Waals surface area contributed by atoms with Gasteiger partial charge in [0.1, 0.15) is 0 Å². The average Bonchev–Trinajstić information content (AvgIpc) is 2.42. The molecule has 0 aliphatic heterocycles. The summed E-state index contributed by atoms with van der Waals surface area (Å²) in [6.07, 6.45) is -3.41. The third-order valence-corrected chi connectivity index (χ3v) is 2.79. The van der Waals surface area contributed by atoms with E-state index in [1.165, 1.54) is 6.07 Å². The number of hydrogen-bond donors (Lipinski definition) is 3. The molecule has 9 heteroatoms. The van der Waals surface area contributed by atoms with Gasteiger partial charge in [0.25, 0.3) is 0 Å². The van der Waals surface area contributed by atoms with E-state index >= 15 is 0 Å². The number of carbonyl (C=O) groups is 1. The molecule has 0 bridgehead atoms. The lowest BCUT2D eigenvalue weighted by Crippen LogP contribution is -2.20. The molecule has 0 atom stereocenters. The molecule has 1 amide bonds. The Labute approximate surface area is 146 Å². The van der Waals surface area contributed by atoms with Crippen molar-refractivity contribution in [2.24, 2.45) is 0 Å². The lowest BCUT2D eigenvalue weighted by atomic mass is 10.1. The summed E-state index contributed by atoms with van der Waals surface area (Å²) >= 11 is 0. The van der Waals surface area contributed by atoms with E-state index in [1.54, 1.807) is 7.05 Å². The lowest BCUT2D eigenvalue weighted by Gasteiger charge is -2.15. The van der Waals surface area contributed by atoms with Crippen LogP contribution in [-0.2, 0) is 11.0 Å². The van der Waals surface area contributed by atoms with Crippen LogP contribution in [0.25, 0.3) is 0 Å². The maximum atomic E-state index is 12.7. The first kappa shape index (κ1) is 24.1. The van der Waals surface area contributed by atoms with Gasteiger partial charge in [0.15, 0.2) is 0 Å². The third kappa shape index (κ3) is 8.29. The van der Waals surface area contributed by atoms with Crippen molar-refractivity contribution in [2.75, 3.05) is 30.8 Å². The van der Waals surface area contributed by atoms with Crippen LogP contribution in [0.1, 0.15) is 25.3 Å². The van der Waals surface area contributed by atoms with E-state index in [4.69, 9.17) is 0 Å². The van der Waals surface area contributed by atoms with Crippen molar-refractivity contribution in [1.29, 1.82) is 0 Å². The van der Waals surface area contributed by atoms with Gasteiger partial charge in [-0.2, -0.15) is 13.2 Å². The highest BCUT2D eigenvalue weighted by Crippen LogP contribution is 2.34. The van der Waals surface area contributed by atoms with Gasteiger partial charge in [-0.25, -0.2) is 0 Å². The van der Waals surface area contributed by atoms with Gasteiger partial charge in [0.05, 0.1) is 16.9 Å². The summed E-state index contributed by atoms with van der Waals surface area (Å²) in [4.78, 5) is 11.7. The summed E-state index contributed by atoms with van der Waals surface area (Å²) < 4.78 is 38.2. The van der Waals surface area contributed by atoms with Crippen molar-refractivity contribution in [3.8, 4) is 0 Å². The Balaban J connectivity index is 0. The summed E-state index contributed by atoms with van der Waals surface area (Å²) in [5.74, 6) is -0.330. The molecule has 0 heterocycles. The van der Waals surface area contributed by atoms with Crippen LogP contribution in [0.2, 0.25) is 0 Å². The summed E-state index contributed by atoms with van der Waals surface area (Å²) in [6, 6.07) is 3.29. The Hall–Kier alpha value is -1.18. The molecule has 1 aromatic carbocycles. The SMILES string of the molecule is CCCNc1ccc(C(F)(F)F)cc1NC(=O)CCNC.Cl.Cl. The van der Waals surface area contributed by atoms with E-state index in [9.17, 15) is 18.0 Å². The maximum Gasteiger partial charge on any atom is 0.416 e. The van der Waals surface area contributed by atoms with Crippen LogP contribution in [-0.4, -0.2) is 26.0 Å². The fourth-order valence-electron chi connectivity index (χ4n) is 1.69. The van der Waals surface area contributed by atoms with Crippen LogP contribution in [0.4, 0.5) is 24.5 Å². The maximum absolute atomic E-state index is 12.7. The number of amides is 1. The van der Waals surface area contributed by atoms with Crippen molar-refractivity contribution in [3.05, 3.63) is 23.8 Å². The molecule has 4 nitrogen and oxygen atoms in total. The van der Waals surface area contributed by atoms with E-state index in [0.717, 1.165) is 18.6 Å². The highest BCUT2D eigenvalue weighted by Gasteiger charge is 2.31. The standard InChI is InChI=1S/C14H20F3N3O.2ClH/c1-3-7-19-11-5-4-10(14(15,16)17)9-12(11)20-13(21)6-8-18-2;;/h4-5,9,18-19H,3,6-8H2,1-2H3,(H,20,21);2*1H. The molecular formula is C14H22Cl2F3N3O. The van der Waals surface area contributed by atoms with E-state index in [2.05, 4.69) is 16.0 Å². The summed E-state index contributed by atoms with van der Waals surface area (Å²) in [5.41, 5.74) is -0.143. The minimum Gasteiger partial charge on any atom is -0.383 e. The van der Waals surface area contributed by atoms with Gasteiger partial charge in [-0.05, 0) is 31.7 Å². The third-order valence-electron chi connectivity index (χ3n) is 2.79. The first-order valence-corrected chi connectivity index (χ1v) is 6.78. The minimum atomic E-state index is -4.44. The van der Waals surface area contributed by atoms with Gasteiger partial charge >= 0.3 is 6.18 Å². The van der Waals surface area contributed by atoms with Crippen molar-refractivity contribution in [3.63, 3.8) is 0 Å². The van der Waals surface area contributed by atoms with Crippen molar-refractivity contribution >= 4 is 42.1 Å². The van der Waals surface area contributed by atoms with Crippen LogP contribution in [0.3, 0.4) is 0 Å². The number of alkyl halides is 3. The molecule has 0 spiro atoms. The number of nitrogens with one attached hydrogen (secondary N) is 3. The van der Waals surface area contributed by atoms with Gasteiger partial charge in [-0.15, -0.1) is 24.8 Å². The summed E-state index contributed by atoms with van der Waals surface area (Å²) in [5, 5.41) is 8.34. The molecule has 23 heavy (non-hydrogen) atoms. The quantitative estimate of drug-likeness (QED) is 0.676. The second kappa shape index (κ2) is 11.4. The normalized spacial score (nSPS) is 10.3. The molecule has 0 aliphatic carbocycles. The highest BCUT2D eigenvalue weighted by molar-refractivity contribution is 5.94. The number of carbonyl (C=O) groups excluding carboxylic acids is 1. The zero-order valence-electron chi connectivity index (χ0n) is 12.9. The van der Waals surface area contributed by atoms with Crippen molar-refractivity contribution < 1.29 is 18.0 Å².